The molecule has 1 unspecified atom stereocenters. The minimum absolute atomic E-state index is 0.00101. The second kappa shape index (κ2) is 13.1. The summed E-state index contributed by atoms with van der Waals surface area (Å²) in [6.07, 6.45) is 4.33. The molecule has 3 aromatic rings. The van der Waals surface area contributed by atoms with Crippen molar-refractivity contribution in [1.82, 2.24) is 15.1 Å². The zero-order chi connectivity index (χ0) is 26.2. The Kier molecular flexibility index (Phi) is 9.11. The molecule has 2 fully saturated rings. The smallest absolute Gasteiger partial charge is 0.251 e. The maximum Gasteiger partial charge on any atom is 0.251 e. The van der Waals surface area contributed by atoms with Gasteiger partial charge in [0.2, 0.25) is 0 Å². The monoisotopic (exact) mass is 511 g/mol. The number of amides is 1. The average molecular weight is 512 g/mol. The van der Waals surface area contributed by atoms with Gasteiger partial charge in [-0.05, 0) is 68.1 Å². The summed E-state index contributed by atoms with van der Waals surface area (Å²) in [5.41, 5.74) is 3.41. The van der Waals surface area contributed by atoms with Gasteiger partial charge in [0.15, 0.2) is 0 Å². The van der Waals surface area contributed by atoms with Crippen LogP contribution in [0, 0.1) is 0 Å². The first-order chi connectivity index (χ1) is 18.7. The van der Waals surface area contributed by atoms with Crippen molar-refractivity contribution < 1.29 is 9.53 Å². The van der Waals surface area contributed by atoms with Crippen LogP contribution < -0.4 is 10.1 Å². The lowest BCUT2D eigenvalue weighted by atomic mass is 9.90. The van der Waals surface area contributed by atoms with Gasteiger partial charge in [-0.25, -0.2) is 0 Å². The number of carbonyl (C=O) groups excluding carboxylic acids is 1. The molecule has 0 bridgehead atoms. The van der Waals surface area contributed by atoms with Crippen LogP contribution in [0.4, 0.5) is 0 Å². The molecule has 2 aliphatic heterocycles. The van der Waals surface area contributed by atoms with Crippen molar-refractivity contribution in [2.75, 3.05) is 39.3 Å². The van der Waals surface area contributed by atoms with Crippen LogP contribution in [0.2, 0.25) is 0 Å². The number of hydrogen-bond acceptors (Lipinski definition) is 4. The molecular weight excluding hydrogens is 470 g/mol. The lowest BCUT2D eigenvalue weighted by molar-refractivity contribution is 0.0899. The molecule has 200 valence electrons. The second-order valence-electron chi connectivity index (χ2n) is 10.7. The third-order valence-corrected chi connectivity index (χ3v) is 8.07. The molecule has 2 heterocycles. The van der Waals surface area contributed by atoms with Crippen LogP contribution in [-0.2, 0) is 0 Å². The standard InChI is InChI=1S/C33H41N3O2/c1-2-35-20-10-16-29(24-35)34-33(37)28-15-9-17-31(23-28)38-30-18-21-36(22-19-30)25-32(26-11-5-3-6-12-26)27-13-7-4-8-14-27/h3-9,11-15,17,23,29-30,32H,2,10,16,18-22,24-25H2,1H3,(H,34,37). The second-order valence-corrected chi connectivity index (χ2v) is 10.7. The predicted octanol–water partition coefficient (Wildman–Crippen LogP) is 5.58. The van der Waals surface area contributed by atoms with Crippen molar-refractivity contribution >= 4 is 5.91 Å². The van der Waals surface area contributed by atoms with E-state index in [9.17, 15) is 4.79 Å². The maximum absolute atomic E-state index is 12.9. The van der Waals surface area contributed by atoms with E-state index in [1.54, 1.807) is 0 Å². The molecule has 5 rings (SSSR count). The lowest BCUT2D eigenvalue weighted by Gasteiger charge is -2.34. The first kappa shape index (κ1) is 26.5. The summed E-state index contributed by atoms with van der Waals surface area (Å²) in [6, 6.07) is 29.6. The zero-order valence-corrected chi connectivity index (χ0v) is 22.6. The molecule has 0 aliphatic carbocycles. The van der Waals surface area contributed by atoms with Gasteiger partial charge in [-0.1, -0.05) is 73.7 Å². The Morgan fingerprint density at radius 1 is 0.868 bits per heavy atom. The van der Waals surface area contributed by atoms with Crippen LogP contribution in [0.15, 0.2) is 84.9 Å². The number of carbonyl (C=O) groups is 1. The molecule has 38 heavy (non-hydrogen) atoms. The van der Waals surface area contributed by atoms with E-state index in [4.69, 9.17) is 4.74 Å². The Labute approximate surface area is 227 Å². The fraction of sp³-hybridized carbons (Fsp3) is 0.424. The van der Waals surface area contributed by atoms with Gasteiger partial charge in [-0.3, -0.25) is 4.79 Å². The summed E-state index contributed by atoms with van der Waals surface area (Å²) in [7, 11) is 0. The summed E-state index contributed by atoms with van der Waals surface area (Å²) in [6.45, 7) is 8.31. The van der Waals surface area contributed by atoms with Crippen LogP contribution in [0.25, 0.3) is 0 Å². The highest BCUT2D eigenvalue weighted by molar-refractivity contribution is 5.94. The van der Waals surface area contributed by atoms with Crippen molar-refractivity contribution in [3.63, 3.8) is 0 Å². The topological polar surface area (TPSA) is 44.8 Å². The highest BCUT2D eigenvalue weighted by atomic mass is 16.5. The van der Waals surface area contributed by atoms with E-state index in [1.165, 1.54) is 11.1 Å². The van der Waals surface area contributed by atoms with Gasteiger partial charge in [0.25, 0.3) is 5.91 Å². The fourth-order valence-electron chi connectivity index (χ4n) is 5.87. The fourth-order valence-corrected chi connectivity index (χ4v) is 5.87. The SMILES string of the molecule is CCN1CCCC(NC(=O)c2cccc(OC3CCN(CC(c4ccccc4)c4ccccc4)CC3)c2)C1. The first-order valence-electron chi connectivity index (χ1n) is 14.3. The van der Waals surface area contributed by atoms with Gasteiger partial charge >= 0.3 is 0 Å². The maximum atomic E-state index is 12.9. The number of hydrogen-bond donors (Lipinski definition) is 1. The molecule has 0 aromatic heterocycles. The van der Waals surface area contributed by atoms with E-state index in [2.05, 4.69) is 82.7 Å². The third-order valence-electron chi connectivity index (χ3n) is 8.07. The van der Waals surface area contributed by atoms with Crippen molar-refractivity contribution in [3.8, 4) is 5.75 Å². The van der Waals surface area contributed by atoms with Crippen LogP contribution in [0.1, 0.15) is 60.0 Å². The minimum Gasteiger partial charge on any atom is -0.490 e. The quantitative estimate of drug-likeness (QED) is 0.408. The summed E-state index contributed by atoms with van der Waals surface area (Å²) in [5.74, 6) is 1.15. The van der Waals surface area contributed by atoms with Gasteiger partial charge < -0.3 is 19.9 Å². The van der Waals surface area contributed by atoms with E-state index < -0.39 is 0 Å². The van der Waals surface area contributed by atoms with Crippen LogP contribution in [0.3, 0.4) is 0 Å². The van der Waals surface area contributed by atoms with E-state index >= 15 is 0 Å². The van der Waals surface area contributed by atoms with Gasteiger partial charge in [-0.2, -0.15) is 0 Å². The minimum atomic E-state index is 0.00101. The number of nitrogens with zero attached hydrogens (tertiary/aromatic N) is 2. The Morgan fingerprint density at radius 3 is 2.21 bits per heavy atom. The highest BCUT2D eigenvalue weighted by Gasteiger charge is 2.25. The Bertz CT molecular complexity index is 1110. The molecule has 1 N–H and O–H groups in total. The third kappa shape index (κ3) is 7.03. The van der Waals surface area contributed by atoms with E-state index in [1.807, 2.05) is 24.3 Å². The van der Waals surface area contributed by atoms with Gasteiger partial charge in [0.05, 0.1) is 0 Å². The summed E-state index contributed by atoms with van der Waals surface area (Å²) >= 11 is 0. The number of nitrogens with one attached hydrogen (secondary N) is 1. The van der Waals surface area contributed by atoms with Crippen molar-refractivity contribution in [3.05, 3.63) is 102 Å². The normalized spacial score (nSPS) is 19.4. The molecule has 0 spiro atoms. The zero-order valence-electron chi connectivity index (χ0n) is 22.6. The number of ether oxygens (including phenoxy) is 1. The average Bonchev–Trinajstić information content (AvgIpc) is 2.98. The number of likely N-dealkylation sites (N-methyl/N-ethyl adjacent to an activating group) is 1. The Morgan fingerprint density at radius 2 is 1.55 bits per heavy atom. The first-order valence-corrected chi connectivity index (χ1v) is 14.3. The summed E-state index contributed by atoms with van der Waals surface area (Å²) < 4.78 is 6.38. The molecule has 0 radical (unpaired) electrons. The van der Waals surface area contributed by atoms with E-state index in [-0.39, 0.29) is 18.1 Å². The molecular formula is C33H41N3O2. The Balaban J connectivity index is 1.14. The van der Waals surface area contributed by atoms with Crippen molar-refractivity contribution in [2.45, 2.75) is 50.7 Å². The molecule has 0 saturated carbocycles. The predicted molar refractivity (Wildman–Crippen MR) is 154 cm³/mol. The van der Waals surface area contributed by atoms with Gasteiger partial charge in [0, 0.05) is 43.7 Å². The summed E-state index contributed by atoms with van der Waals surface area (Å²) in [4.78, 5) is 17.9. The number of benzene rings is 3. The van der Waals surface area contributed by atoms with Crippen molar-refractivity contribution in [1.29, 1.82) is 0 Å². The molecule has 5 nitrogen and oxygen atoms in total. The van der Waals surface area contributed by atoms with Crippen LogP contribution in [0.5, 0.6) is 5.75 Å². The molecule has 3 aromatic carbocycles. The van der Waals surface area contributed by atoms with Crippen LogP contribution in [-0.4, -0.2) is 67.1 Å². The molecule has 2 saturated heterocycles. The van der Waals surface area contributed by atoms with Gasteiger partial charge in [-0.15, -0.1) is 0 Å². The van der Waals surface area contributed by atoms with Gasteiger partial charge in [0.1, 0.15) is 11.9 Å². The van der Waals surface area contributed by atoms with Crippen molar-refractivity contribution in [2.24, 2.45) is 0 Å². The van der Waals surface area contributed by atoms with E-state index in [0.717, 1.165) is 70.7 Å². The Hall–Kier alpha value is -3.15. The molecule has 1 amide bonds. The number of piperidine rings is 2. The molecule has 5 heteroatoms. The number of rotatable bonds is 9. The molecule has 2 aliphatic rings. The largest absolute Gasteiger partial charge is 0.490 e. The van der Waals surface area contributed by atoms with E-state index in [0.29, 0.717) is 11.5 Å². The highest BCUT2D eigenvalue weighted by Crippen LogP contribution is 2.28. The number of likely N-dealkylation sites (tertiary alicyclic amines) is 2. The summed E-state index contributed by atoms with van der Waals surface area (Å²) in [5, 5.41) is 3.24. The molecule has 1 atom stereocenters. The van der Waals surface area contributed by atoms with Crippen LogP contribution >= 0.6 is 0 Å². The lowest BCUT2D eigenvalue weighted by Crippen LogP contribution is -2.47.